The predicted octanol–water partition coefficient (Wildman–Crippen LogP) is 3.45. The Bertz CT molecular complexity index is 470. The van der Waals surface area contributed by atoms with Crippen molar-refractivity contribution in [2.75, 3.05) is 6.54 Å². The van der Waals surface area contributed by atoms with E-state index in [1.807, 2.05) is 0 Å². The van der Waals surface area contributed by atoms with Crippen LogP contribution in [-0.4, -0.2) is 28.2 Å². The molecule has 2 heteroatoms. The van der Waals surface area contributed by atoms with Gasteiger partial charge >= 0.3 is 0 Å². The van der Waals surface area contributed by atoms with Gasteiger partial charge in [-0.15, -0.1) is 0 Å². The van der Waals surface area contributed by atoms with Crippen LogP contribution < -0.4 is 0 Å². The normalized spacial score (nSPS) is 34.9. The molecule has 1 aromatic carbocycles. The molecule has 3 atom stereocenters. The second kappa shape index (κ2) is 4.85. The topological polar surface area (TPSA) is 23.5 Å². The lowest BCUT2D eigenvalue weighted by molar-refractivity contribution is -0.0735. The molecule has 0 radical (unpaired) electrons. The number of hydrogen-bond acceptors (Lipinski definition) is 2. The van der Waals surface area contributed by atoms with E-state index in [2.05, 4.69) is 56.0 Å². The summed E-state index contributed by atoms with van der Waals surface area (Å²) in [7, 11) is 0. The molecule has 3 rings (SSSR count). The number of hydrogen-bond donors (Lipinski definition) is 1. The predicted molar refractivity (Wildman–Crippen MR) is 82.4 cm³/mol. The molecule has 2 fully saturated rings. The molecule has 2 saturated carbocycles. The third kappa shape index (κ3) is 1.93. The van der Waals surface area contributed by atoms with Gasteiger partial charge in [-0.3, -0.25) is 4.90 Å². The molecule has 2 bridgehead atoms. The number of aliphatic hydroxyl groups is 1. The van der Waals surface area contributed by atoms with Crippen LogP contribution in [0.2, 0.25) is 0 Å². The van der Waals surface area contributed by atoms with Crippen molar-refractivity contribution in [1.29, 1.82) is 0 Å². The number of nitrogens with zero attached hydrogens (tertiary/aromatic N) is 1. The van der Waals surface area contributed by atoms with E-state index >= 15 is 0 Å². The van der Waals surface area contributed by atoms with E-state index in [-0.39, 0.29) is 17.1 Å². The summed E-state index contributed by atoms with van der Waals surface area (Å²) in [6, 6.07) is 10.7. The fourth-order valence-corrected chi connectivity index (χ4v) is 4.70. The van der Waals surface area contributed by atoms with Gasteiger partial charge < -0.3 is 5.11 Å². The molecule has 2 aliphatic carbocycles. The fraction of sp³-hybridized carbons (Fsp3) is 0.667. The molecule has 0 aromatic heterocycles. The number of fused-ring (bicyclic) bond motifs is 2. The van der Waals surface area contributed by atoms with Crippen LogP contribution in [0.25, 0.3) is 0 Å². The molecule has 0 spiro atoms. The molecule has 2 aliphatic rings. The first kappa shape index (κ1) is 14.1. The highest BCUT2D eigenvalue weighted by atomic mass is 16.3. The van der Waals surface area contributed by atoms with Crippen LogP contribution in [-0.2, 0) is 6.54 Å². The maximum Gasteiger partial charge on any atom is 0.0777 e. The number of rotatable bonds is 4. The number of likely N-dealkylation sites (N-methyl/N-ethyl adjacent to an activating group) is 1. The van der Waals surface area contributed by atoms with Gasteiger partial charge in [0.05, 0.1) is 6.10 Å². The second-order valence-electron chi connectivity index (χ2n) is 7.27. The van der Waals surface area contributed by atoms with Gasteiger partial charge in [0.2, 0.25) is 0 Å². The smallest absolute Gasteiger partial charge is 0.0777 e. The minimum Gasteiger partial charge on any atom is -0.391 e. The Labute approximate surface area is 122 Å². The number of benzene rings is 1. The van der Waals surface area contributed by atoms with Crippen molar-refractivity contribution in [3.63, 3.8) is 0 Å². The van der Waals surface area contributed by atoms with Crippen LogP contribution in [0.3, 0.4) is 0 Å². The largest absolute Gasteiger partial charge is 0.391 e. The van der Waals surface area contributed by atoms with Crippen molar-refractivity contribution in [3.8, 4) is 0 Å². The minimum absolute atomic E-state index is 0.0127. The summed E-state index contributed by atoms with van der Waals surface area (Å²) in [6.07, 6.45) is 3.40. The van der Waals surface area contributed by atoms with Gasteiger partial charge in [0.1, 0.15) is 0 Å². The Balaban J connectivity index is 1.86. The summed E-state index contributed by atoms with van der Waals surface area (Å²) in [6.45, 7) is 8.69. The van der Waals surface area contributed by atoms with E-state index in [0.29, 0.717) is 5.92 Å². The summed E-state index contributed by atoms with van der Waals surface area (Å²) in [5.41, 5.74) is 1.44. The van der Waals surface area contributed by atoms with Crippen LogP contribution in [0.1, 0.15) is 45.6 Å². The summed E-state index contributed by atoms with van der Waals surface area (Å²) in [5, 5.41) is 10.9. The molecular formula is C18H27NO. The van der Waals surface area contributed by atoms with E-state index in [1.54, 1.807) is 0 Å². The highest BCUT2D eigenvalue weighted by Crippen LogP contribution is 2.60. The van der Waals surface area contributed by atoms with E-state index in [0.717, 1.165) is 19.5 Å². The maximum atomic E-state index is 10.9. The average molecular weight is 273 g/mol. The van der Waals surface area contributed by atoms with E-state index in [4.69, 9.17) is 0 Å². The average Bonchev–Trinajstić information content (AvgIpc) is 2.97. The van der Waals surface area contributed by atoms with Crippen molar-refractivity contribution in [3.05, 3.63) is 35.9 Å². The third-order valence-electron chi connectivity index (χ3n) is 6.02. The quantitative estimate of drug-likeness (QED) is 0.908. The zero-order valence-electron chi connectivity index (χ0n) is 13.0. The van der Waals surface area contributed by atoms with Crippen molar-refractivity contribution >= 4 is 0 Å². The van der Waals surface area contributed by atoms with Crippen molar-refractivity contribution in [2.24, 2.45) is 11.3 Å². The maximum absolute atomic E-state index is 10.9. The monoisotopic (exact) mass is 273 g/mol. The SMILES string of the molecule is CCN(Cc1ccccc1)[C@@]12CC[C@@H](C1)C(C)(C)[C@@H]2O. The molecule has 2 nitrogen and oxygen atoms in total. The lowest BCUT2D eigenvalue weighted by atomic mass is 9.72. The van der Waals surface area contributed by atoms with Crippen molar-refractivity contribution < 1.29 is 5.11 Å². The summed E-state index contributed by atoms with van der Waals surface area (Å²) in [4.78, 5) is 2.53. The zero-order chi connectivity index (χ0) is 14.4. The molecule has 1 N–H and O–H groups in total. The lowest BCUT2D eigenvalue weighted by Gasteiger charge is -2.47. The van der Waals surface area contributed by atoms with Gasteiger partial charge in [0, 0.05) is 12.1 Å². The highest BCUT2D eigenvalue weighted by Gasteiger charge is 2.63. The minimum atomic E-state index is -0.197. The van der Waals surface area contributed by atoms with Gasteiger partial charge in [-0.2, -0.15) is 0 Å². The van der Waals surface area contributed by atoms with Gasteiger partial charge in [-0.1, -0.05) is 51.1 Å². The molecule has 20 heavy (non-hydrogen) atoms. The van der Waals surface area contributed by atoms with Crippen LogP contribution in [0.15, 0.2) is 30.3 Å². The number of aliphatic hydroxyl groups excluding tert-OH is 1. The van der Waals surface area contributed by atoms with Gasteiger partial charge in [0.15, 0.2) is 0 Å². The standard InChI is InChI=1S/C18H27NO/c1-4-19(13-14-8-6-5-7-9-14)18-11-10-15(12-18)17(2,3)16(18)20/h5-9,15-16,20H,4,10-13H2,1-3H3/t15-,16-,18-/m0/s1. The lowest BCUT2D eigenvalue weighted by Crippen LogP contribution is -2.56. The van der Waals surface area contributed by atoms with E-state index in [9.17, 15) is 5.11 Å². The van der Waals surface area contributed by atoms with E-state index in [1.165, 1.54) is 18.4 Å². The van der Waals surface area contributed by atoms with Crippen molar-refractivity contribution in [1.82, 2.24) is 4.90 Å². The Kier molecular flexibility index (Phi) is 3.42. The second-order valence-corrected chi connectivity index (χ2v) is 7.27. The molecule has 0 amide bonds. The first-order valence-electron chi connectivity index (χ1n) is 7.98. The Hall–Kier alpha value is -0.860. The molecular weight excluding hydrogens is 246 g/mol. The van der Waals surface area contributed by atoms with Gasteiger partial charge in [-0.25, -0.2) is 0 Å². The molecule has 110 valence electrons. The third-order valence-corrected chi connectivity index (χ3v) is 6.02. The molecule has 0 unspecified atom stereocenters. The summed E-state index contributed by atoms with van der Waals surface area (Å²) in [5.74, 6) is 0.683. The Morgan fingerprint density at radius 2 is 1.95 bits per heavy atom. The fourth-order valence-electron chi connectivity index (χ4n) is 4.70. The van der Waals surface area contributed by atoms with Gasteiger partial charge in [-0.05, 0) is 42.7 Å². The van der Waals surface area contributed by atoms with Crippen LogP contribution in [0, 0.1) is 11.3 Å². The summed E-state index contributed by atoms with van der Waals surface area (Å²) >= 11 is 0. The van der Waals surface area contributed by atoms with Crippen LogP contribution >= 0.6 is 0 Å². The van der Waals surface area contributed by atoms with Gasteiger partial charge in [0.25, 0.3) is 0 Å². The van der Waals surface area contributed by atoms with Crippen LogP contribution in [0.5, 0.6) is 0 Å². The highest BCUT2D eigenvalue weighted by molar-refractivity contribution is 5.20. The first-order valence-corrected chi connectivity index (χ1v) is 7.98. The molecule has 0 saturated heterocycles. The molecule has 0 aliphatic heterocycles. The van der Waals surface area contributed by atoms with Crippen LogP contribution in [0.4, 0.5) is 0 Å². The Morgan fingerprint density at radius 1 is 1.25 bits per heavy atom. The Morgan fingerprint density at radius 3 is 2.50 bits per heavy atom. The molecule has 1 aromatic rings. The first-order chi connectivity index (χ1) is 9.50. The summed E-state index contributed by atoms with van der Waals surface area (Å²) < 4.78 is 0. The molecule has 0 heterocycles. The van der Waals surface area contributed by atoms with E-state index < -0.39 is 0 Å². The zero-order valence-corrected chi connectivity index (χ0v) is 13.0. The van der Waals surface area contributed by atoms with Crippen molar-refractivity contribution in [2.45, 2.75) is 58.2 Å².